The quantitative estimate of drug-likeness (QED) is 0.521. The van der Waals surface area contributed by atoms with Crippen LogP contribution in [0.4, 0.5) is 11.4 Å². The number of benzene rings is 3. The molecule has 3 aromatic carbocycles. The average Bonchev–Trinajstić information content (AvgIpc) is 2.75. The van der Waals surface area contributed by atoms with Crippen molar-refractivity contribution >= 4 is 29.1 Å². The van der Waals surface area contributed by atoms with E-state index in [0.717, 1.165) is 11.1 Å². The number of para-hydroxylation sites is 1. The van der Waals surface area contributed by atoms with Gasteiger partial charge in [-0.05, 0) is 42.3 Å². The Balaban J connectivity index is 1.52. The Labute approximate surface area is 181 Å². The summed E-state index contributed by atoms with van der Waals surface area (Å²) in [6.07, 6.45) is 0.374. The van der Waals surface area contributed by atoms with Crippen LogP contribution in [0.1, 0.15) is 27.9 Å². The summed E-state index contributed by atoms with van der Waals surface area (Å²) in [5, 5.41) is 8.35. The Morgan fingerprint density at radius 2 is 1.52 bits per heavy atom. The molecule has 0 saturated heterocycles. The van der Waals surface area contributed by atoms with E-state index in [9.17, 15) is 14.4 Å². The van der Waals surface area contributed by atoms with Crippen molar-refractivity contribution in [2.75, 3.05) is 17.2 Å². The van der Waals surface area contributed by atoms with Crippen molar-refractivity contribution in [3.63, 3.8) is 0 Å². The van der Waals surface area contributed by atoms with E-state index in [1.807, 2.05) is 61.5 Å². The van der Waals surface area contributed by atoms with E-state index in [4.69, 9.17) is 0 Å². The molecule has 158 valence electrons. The minimum absolute atomic E-state index is 0.106. The Hall–Kier alpha value is -3.93. The van der Waals surface area contributed by atoms with Gasteiger partial charge < -0.3 is 16.0 Å². The highest BCUT2D eigenvalue weighted by Crippen LogP contribution is 2.18. The molecule has 0 fully saturated rings. The molecule has 3 aromatic rings. The monoisotopic (exact) mass is 415 g/mol. The first-order chi connectivity index (χ1) is 15.0. The van der Waals surface area contributed by atoms with Crippen LogP contribution in [0.5, 0.6) is 0 Å². The lowest BCUT2D eigenvalue weighted by Gasteiger charge is -2.12. The average molecular weight is 415 g/mol. The second-order valence-electron chi connectivity index (χ2n) is 7.18. The Bertz CT molecular complexity index is 1060. The number of hydrogen-bond donors (Lipinski definition) is 3. The van der Waals surface area contributed by atoms with Crippen molar-refractivity contribution in [3.05, 3.63) is 95.6 Å². The van der Waals surface area contributed by atoms with Crippen LogP contribution in [0, 0.1) is 6.92 Å². The maximum atomic E-state index is 12.7. The highest BCUT2D eigenvalue weighted by molar-refractivity contribution is 6.10. The summed E-state index contributed by atoms with van der Waals surface area (Å²) < 4.78 is 0. The molecule has 3 amide bonds. The summed E-state index contributed by atoms with van der Waals surface area (Å²) in [5.41, 5.74) is 3.43. The SMILES string of the molecule is Cc1cccc(NC(=O)c2ccccc2NC(=O)CCNC(=O)Cc2ccccc2)c1. The molecule has 3 N–H and O–H groups in total. The van der Waals surface area contributed by atoms with Gasteiger partial charge in [-0.3, -0.25) is 14.4 Å². The first kappa shape index (κ1) is 21.8. The molecular formula is C25H25N3O3. The topological polar surface area (TPSA) is 87.3 Å². The molecular weight excluding hydrogens is 390 g/mol. The van der Waals surface area contributed by atoms with Crippen LogP contribution in [0.15, 0.2) is 78.9 Å². The molecule has 31 heavy (non-hydrogen) atoms. The van der Waals surface area contributed by atoms with E-state index in [1.165, 1.54) is 0 Å². The van der Waals surface area contributed by atoms with E-state index in [-0.39, 0.29) is 37.1 Å². The van der Waals surface area contributed by atoms with E-state index in [0.29, 0.717) is 16.9 Å². The molecule has 0 unspecified atom stereocenters. The van der Waals surface area contributed by atoms with Gasteiger partial charge >= 0.3 is 0 Å². The fourth-order valence-corrected chi connectivity index (χ4v) is 3.08. The fourth-order valence-electron chi connectivity index (χ4n) is 3.08. The summed E-state index contributed by atoms with van der Waals surface area (Å²) in [6, 6.07) is 23.7. The van der Waals surface area contributed by atoms with Crippen LogP contribution >= 0.6 is 0 Å². The van der Waals surface area contributed by atoms with Gasteiger partial charge in [-0.15, -0.1) is 0 Å². The van der Waals surface area contributed by atoms with Crippen LogP contribution < -0.4 is 16.0 Å². The number of carbonyl (C=O) groups excluding carboxylic acids is 3. The second-order valence-corrected chi connectivity index (χ2v) is 7.18. The van der Waals surface area contributed by atoms with Gasteiger partial charge in [0.15, 0.2) is 0 Å². The minimum Gasteiger partial charge on any atom is -0.355 e. The number of carbonyl (C=O) groups is 3. The van der Waals surface area contributed by atoms with Crippen molar-refractivity contribution in [2.45, 2.75) is 19.8 Å². The van der Waals surface area contributed by atoms with Gasteiger partial charge in [-0.25, -0.2) is 0 Å². The van der Waals surface area contributed by atoms with Gasteiger partial charge in [0.1, 0.15) is 0 Å². The van der Waals surface area contributed by atoms with Crippen molar-refractivity contribution in [2.24, 2.45) is 0 Å². The van der Waals surface area contributed by atoms with Crippen LogP contribution in [0.3, 0.4) is 0 Å². The summed E-state index contributed by atoms with van der Waals surface area (Å²) in [4.78, 5) is 37.0. The van der Waals surface area contributed by atoms with Crippen molar-refractivity contribution in [1.29, 1.82) is 0 Å². The molecule has 3 rings (SSSR count). The zero-order chi connectivity index (χ0) is 22.1. The van der Waals surface area contributed by atoms with E-state index >= 15 is 0 Å². The summed E-state index contributed by atoms with van der Waals surface area (Å²) in [7, 11) is 0. The molecule has 0 heterocycles. The number of hydrogen-bond acceptors (Lipinski definition) is 3. The molecule has 0 aliphatic rings. The van der Waals surface area contributed by atoms with Crippen LogP contribution in [-0.4, -0.2) is 24.3 Å². The van der Waals surface area contributed by atoms with Gasteiger partial charge in [0, 0.05) is 18.7 Å². The Morgan fingerprint density at radius 1 is 0.774 bits per heavy atom. The van der Waals surface area contributed by atoms with E-state index in [2.05, 4.69) is 16.0 Å². The molecule has 0 aliphatic heterocycles. The number of rotatable bonds is 8. The zero-order valence-corrected chi connectivity index (χ0v) is 17.4. The number of aryl methyl sites for hydroxylation is 1. The highest BCUT2D eigenvalue weighted by atomic mass is 16.2. The van der Waals surface area contributed by atoms with E-state index < -0.39 is 0 Å². The lowest BCUT2D eigenvalue weighted by molar-refractivity contribution is -0.120. The smallest absolute Gasteiger partial charge is 0.257 e. The summed E-state index contributed by atoms with van der Waals surface area (Å²) >= 11 is 0. The van der Waals surface area contributed by atoms with Crippen molar-refractivity contribution in [1.82, 2.24) is 5.32 Å². The first-order valence-corrected chi connectivity index (χ1v) is 10.1. The largest absolute Gasteiger partial charge is 0.355 e. The standard InChI is InChI=1S/C25H25N3O3/c1-18-8-7-11-20(16-18)27-25(31)21-12-5-6-13-22(21)28-23(29)14-15-26-24(30)17-19-9-3-2-4-10-19/h2-13,16H,14-15,17H2,1H3,(H,26,30)(H,27,31)(H,28,29). The van der Waals surface area contributed by atoms with Crippen LogP contribution in [-0.2, 0) is 16.0 Å². The molecule has 6 nitrogen and oxygen atoms in total. The van der Waals surface area contributed by atoms with Gasteiger partial charge in [-0.2, -0.15) is 0 Å². The summed E-state index contributed by atoms with van der Waals surface area (Å²) in [5.74, 6) is -0.731. The van der Waals surface area contributed by atoms with Crippen molar-refractivity contribution in [3.8, 4) is 0 Å². The first-order valence-electron chi connectivity index (χ1n) is 10.1. The number of amides is 3. The van der Waals surface area contributed by atoms with Gasteiger partial charge in [0.05, 0.1) is 17.7 Å². The predicted molar refractivity (Wildman–Crippen MR) is 122 cm³/mol. The molecule has 0 aromatic heterocycles. The molecule has 0 saturated carbocycles. The predicted octanol–water partition coefficient (Wildman–Crippen LogP) is 3.93. The minimum atomic E-state index is -0.308. The molecule has 0 aliphatic carbocycles. The third kappa shape index (κ3) is 6.82. The molecule has 0 atom stereocenters. The normalized spacial score (nSPS) is 10.2. The van der Waals surface area contributed by atoms with E-state index in [1.54, 1.807) is 24.3 Å². The van der Waals surface area contributed by atoms with Crippen molar-refractivity contribution < 1.29 is 14.4 Å². The lowest BCUT2D eigenvalue weighted by atomic mass is 10.1. The van der Waals surface area contributed by atoms with Gasteiger partial charge in [0.2, 0.25) is 11.8 Å². The Kier molecular flexibility index (Phi) is 7.54. The Morgan fingerprint density at radius 3 is 2.29 bits per heavy atom. The lowest BCUT2D eigenvalue weighted by Crippen LogP contribution is -2.29. The maximum absolute atomic E-state index is 12.7. The third-order valence-electron chi connectivity index (χ3n) is 4.60. The zero-order valence-electron chi connectivity index (χ0n) is 17.4. The fraction of sp³-hybridized carbons (Fsp3) is 0.160. The second kappa shape index (κ2) is 10.7. The molecule has 0 radical (unpaired) electrons. The van der Waals surface area contributed by atoms with Gasteiger partial charge in [-0.1, -0.05) is 54.6 Å². The number of nitrogens with one attached hydrogen (secondary N) is 3. The highest BCUT2D eigenvalue weighted by Gasteiger charge is 2.14. The molecule has 0 bridgehead atoms. The van der Waals surface area contributed by atoms with Crippen LogP contribution in [0.25, 0.3) is 0 Å². The summed E-state index contributed by atoms with van der Waals surface area (Å²) in [6.45, 7) is 2.16. The molecule has 0 spiro atoms. The van der Waals surface area contributed by atoms with Gasteiger partial charge in [0.25, 0.3) is 5.91 Å². The third-order valence-corrected chi connectivity index (χ3v) is 4.60. The molecule has 6 heteroatoms. The maximum Gasteiger partial charge on any atom is 0.257 e. The van der Waals surface area contributed by atoms with Crippen LogP contribution in [0.2, 0.25) is 0 Å². The number of anilines is 2.